The van der Waals surface area contributed by atoms with Gasteiger partial charge in [0.05, 0.1) is 19.1 Å². The van der Waals surface area contributed by atoms with Gasteiger partial charge in [-0.3, -0.25) is 4.79 Å². The number of nitrogens with one attached hydrogen (secondary N) is 1. The summed E-state index contributed by atoms with van der Waals surface area (Å²) in [5.74, 6) is -0.939. The van der Waals surface area contributed by atoms with Crippen LogP contribution in [-0.2, 0) is 22.7 Å². The van der Waals surface area contributed by atoms with Gasteiger partial charge in [-0.1, -0.05) is 18.2 Å². The number of ether oxygens (including phenoxy) is 1. The van der Waals surface area contributed by atoms with Gasteiger partial charge in [0.15, 0.2) is 0 Å². The number of hydrogen-bond acceptors (Lipinski definition) is 3. The Balaban J connectivity index is 1.91. The van der Waals surface area contributed by atoms with E-state index in [1.165, 1.54) is 11.1 Å². The molecule has 2 unspecified atom stereocenters. The summed E-state index contributed by atoms with van der Waals surface area (Å²) < 4.78 is 5.37. The average molecular weight is 233 g/mol. The Bertz CT molecular complexity index is 458. The highest BCUT2D eigenvalue weighted by molar-refractivity contribution is 5.72. The van der Waals surface area contributed by atoms with Gasteiger partial charge in [-0.05, 0) is 16.7 Å². The second kappa shape index (κ2) is 4.13. The summed E-state index contributed by atoms with van der Waals surface area (Å²) in [6.07, 6.45) is 0. The molecule has 4 heteroatoms. The van der Waals surface area contributed by atoms with Gasteiger partial charge in [-0.2, -0.15) is 0 Å². The molecule has 1 aromatic rings. The molecule has 1 saturated heterocycles. The maximum absolute atomic E-state index is 11.2. The number of carboxylic acids is 1. The molecular weight excluding hydrogens is 218 g/mol. The number of fused-ring (bicyclic) bond motifs is 1. The molecule has 1 aromatic carbocycles. The Morgan fingerprint density at radius 3 is 2.94 bits per heavy atom. The third kappa shape index (κ3) is 1.83. The van der Waals surface area contributed by atoms with Crippen LogP contribution in [0.4, 0.5) is 0 Å². The van der Waals surface area contributed by atoms with Gasteiger partial charge in [0.2, 0.25) is 0 Å². The summed E-state index contributed by atoms with van der Waals surface area (Å²) in [4.78, 5) is 11.2. The first kappa shape index (κ1) is 10.7. The van der Waals surface area contributed by atoms with Crippen LogP contribution in [0.15, 0.2) is 18.2 Å². The van der Waals surface area contributed by atoms with E-state index in [2.05, 4.69) is 17.4 Å². The molecular formula is C13H15NO3. The predicted molar refractivity (Wildman–Crippen MR) is 61.7 cm³/mol. The van der Waals surface area contributed by atoms with Gasteiger partial charge >= 0.3 is 5.97 Å². The minimum Gasteiger partial charge on any atom is -0.481 e. The van der Waals surface area contributed by atoms with E-state index in [0.29, 0.717) is 19.8 Å². The number of carbonyl (C=O) groups is 1. The van der Waals surface area contributed by atoms with Gasteiger partial charge in [0.25, 0.3) is 0 Å². The molecule has 1 fully saturated rings. The smallest absolute Gasteiger partial charge is 0.308 e. The van der Waals surface area contributed by atoms with Gasteiger partial charge in [-0.25, -0.2) is 0 Å². The molecule has 4 nitrogen and oxygen atoms in total. The van der Waals surface area contributed by atoms with Crippen LogP contribution in [0.2, 0.25) is 0 Å². The fourth-order valence-electron chi connectivity index (χ4n) is 2.71. The van der Waals surface area contributed by atoms with E-state index in [-0.39, 0.29) is 11.8 Å². The van der Waals surface area contributed by atoms with Crippen LogP contribution in [0, 0.1) is 5.92 Å². The predicted octanol–water partition coefficient (Wildman–Crippen LogP) is 1.10. The average Bonchev–Trinajstić information content (AvgIpc) is 2.96. The van der Waals surface area contributed by atoms with Crippen LogP contribution >= 0.6 is 0 Å². The Labute approximate surface area is 99.6 Å². The third-order valence-electron chi connectivity index (χ3n) is 3.71. The molecule has 0 aliphatic carbocycles. The van der Waals surface area contributed by atoms with Crippen molar-refractivity contribution in [2.45, 2.75) is 19.1 Å². The molecule has 3 rings (SSSR count). The molecule has 0 aromatic heterocycles. The Hall–Kier alpha value is -1.39. The van der Waals surface area contributed by atoms with Crippen molar-refractivity contribution in [3.05, 3.63) is 34.9 Å². The first-order valence-corrected chi connectivity index (χ1v) is 5.88. The lowest BCUT2D eigenvalue weighted by Crippen LogP contribution is -2.21. The highest BCUT2D eigenvalue weighted by Crippen LogP contribution is 2.31. The number of aliphatic carboxylic acids is 1. The fraction of sp³-hybridized carbons (Fsp3) is 0.462. The van der Waals surface area contributed by atoms with E-state index < -0.39 is 5.97 Å². The van der Waals surface area contributed by atoms with E-state index >= 15 is 0 Å². The van der Waals surface area contributed by atoms with Gasteiger partial charge < -0.3 is 15.2 Å². The highest BCUT2D eigenvalue weighted by Gasteiger charge is 2.34. The normalized spacial score (nSPS) is 27.1. The summed E-state index contributed by atoms with van der Waals surface area (Å²) in [6.45, 7) is 2.64. The van der Waals surface area contributed by atoms with Gasteiger partial charge in [-0.15, -0.1) is 0 Å². The lowest BCUT2D eigenvalue weighted by Gasteiger charge is -2.15. The SMILES string of the molecule is O=C(O)C1CNCC1c1ccc2c(c1)COC2. The van der Waals surface area contributed by atoms with E-state index in [1.54, 1.807) is 0 Å². The molecule has 0 amide bonds. The zero-order valence-corrected chi connectivity index (χ0v) is 9.48. The van der Waals surface area contributed by atoms with Crippen molar-refractivity contribution in [3.8, 4) is 0 Å². The second-order valence-electron chi connectivity index (χ2n) is 4.73. The first-order valence-electron chi connectivity index (χ1n) is 5.88. The van der Waals surface area contributed by atoms with Crippen molar-refractivity contribution in [2.24, 2.45) is 5.92 Å². The van der Waals surface area contributed by atoms with Gasteiger partial charge in [0, 0.05) is 19.0 Å². The summed E-state index contributed by atoms with van der Waals surface area (Å²) >= 11 is 0. The summed E-state index contributed by atoms with van der Waals surface area (Å²) in [5.41, 5.74) is 3.55. The minimum atomic E-state index is -0.711. The fourth-order valence-corrected chi connectivity index (χ4v) is 2.71. The zero-order chi connectivity index (χ0) is 11.8. The van der Waals surface area contributed by atoms with Crippen LogP contribution < -0.4 is 5.32 Å². The minimum absolute atomic E-state index is 0.0819. The third-order valence-corrected chi connectivity index (χ3v) is 3.71. The van der Waals surface area contributed by atoms with Crippen LogP contribution in [-0.4, -0.2) is 24.2 Å². The summed E-state index contributed by atoms with van der Waals surface area (Å²) in [6, 6.07) is 6.21. The van der Waals surface area contributed by atoms with Crippen LogP contribution in [0.3, 0.4) is 0 Å². The first-order chi connectivity index (χ1) is 8.25. The number of benzene rings is 1. The molecule has 0 saturated carbocycles. The van der Waals surface area contributed by atoms with Gasteiger partial charge in [0.1, 0.15) is 0 Å². The molecule has 2 atom stereocenters. The Kier molecular flexibility index (Phi) is 2.61. The van der Waals surface area contributed by atoms with Crippen molar-refractivity contribution in [1.82, 2.24) is 5.32 Å². The quantitative estimate of drug-likeness (QED) is 0.803. The summed E-state index contributed by atoms with van der Waals surface area (Å²) in [7, 11) is 0. The topological polar surface area (TPSA) is 58.6 Å². The number of hydrogen-bond donors (Lipinski definition) is 2. The zero-order valence-electron chi connectivity index (χ0n) is 9.48. The van der Waals surface area contributed by atoms with E-state index in [0.717, 1.165) is 12.1 Å². The number of carboxylic acid groups (broad SMARTS) is 1. The van der Waals surface area contributed by atoms with Crippen LogP contribution in [0.1, 0.15) is 22.6 Å². The standard InChI is InChI=1S/C13H15NO3/c15-13(16)12-5-14-4-11(12)8-1-2-9-6-17-7-10(9)3-8/h1-3,11-12,14H,4-7H2,(H,15,16). The van der Waals surface area contributed by atoms with Crippen molar-refractivity contribution < 1.29 is 14.6 Å². The molecule has 0 spiro atoms. The number of rotatable bonds is 2. The maximum atomic E-state index is 11.2. The van der Waals surface area contributed by atoms with Crippen LogP contribution in [0.25, 0.3) is 0 Å². The van der Waals surface area contributed by atoms with E-state index in [4.69, 9.17) is 4.74 Å². The van der Waals surface area contributed by atoms with Crippen molar-refractivity contribution in [3.63, 3.8) is 0 Å². The Morgan fingerprint density at radius 2 is 2.12 bits per heavy atom. The molecule has 90 valence electrons. The summed E-state index contributed by atoms with van der Waals surface area (Å²) in [5, 5.41) is 12.3. The highest BCUT2D eigenvalue weighted by atomic mass is 16.5. The van der Waals surface area contributed by atoms with E-state index in [9.17, 15) is 9.90 Å². The van der Waals surface area contributed by atoms with Crippen LogP contribution in [0.5, 0.6) is 0 Å². The molecule has 2 aliphatic rings. The van der Waals surface area contributed by atoms with Crippen molar-refractivity contribution in [1.29, 1.82) is 0 Å². The monoisotopic (exact) mass is 233 g/mol. The maximum Gasteiger partial charge on any atom is 0.308 e. The molecule has 0 radical (unpaired) electrons. The molecule has 2 N–H and O–H groups in total. The van der Waals surface area contributed by atoms with E-state index in [1.807, 2.05) is 6.07 Å². The molecule has 17 heavy (non-hydrogen) atoms. The largest absolute Gasteiger partial charge is 0.481 e. The molecule has 2 aliphatic heterocycles. The lowest BCUT2D eigenvalue weighted by atomic mass is 9.87. The van der Waals surface area contributed by atoms with Crippen molar-refractivity contribution in [2.75, 3.05) is 13.1 Å². The lowest BCUT2D eigenvalue weighted by molar-refractivity contribution is -0.141. The Morgan fingerprint density at radius 1 is 1.29 bits per heavy atom. The molecule has 2 heterocycles. The molecule has 0 bridgehead atoms. The second-order valence-corrected chi connectivity index (χ2v) is 4.73. The van der Waals surface area contributed by atoms with Crippen molar-refractivity contribution >= 4 is 5.97 Å².